The highest BCUT2D eigenvalue weighted by atomic mass is 79.9. The summed E-state index contributed by atoms with van der Waals surface area (Å²) in [7, 11) is 0. The average Bonchev–Trinajstić information content (AvgIpc) is 2.38. The molecule has 4 heteroatoms. The van der Waals surface area contributed by atoms with Gasteiger partial charge in [0.1, 0.15) is 18.2 Å². The van der Waals surface area contributed by atoms with Crippen LogP contribution in [0.2, 0.25) is 0 Å². The molecule has 2 nitrogen and oxygen atoms in total. The smallest absolute Gasteiger partial charge is 0.124 e. The van der Waals surface area contributed by atoms with E-state index in [2.05, 4.69) is 15.9 Å². The second-order valence-electron chi connectivity index (χ2n) is 4.73. The van der Waals surface area contributed by atoms with Crippen LogP contribution in [0.5, 0.6) is 5.75 Å². The zero-order valence-corrected chi connectivity index (χ0v) is 12.9. The van der Waals surface area contributed by atoms with Crippen LogP contribution in [0.1, 0.15) is 29.7 Å². The summed E-state index contributed by atoms with van der Waals surface area (Å²) in [4.78, 5) is 0. The van der Waals surface area contributed by atoms with Gasteiger partial charge in [-0.1, -0.05) is 28.1 Å². The van der Waals surface area contributed by atoms with Crippen LogP contribution in [0.4, 0.5) is 4.39 Å². The van der Waals surface area contributed by atoms with Crippen molar-refractivity contribution in [1.29, 1.82) is 0 Å². The Hall–Kier alpha value is -1.39. The summed E-state index contributed by atoms with van der Waals surface area (Å²) < 4.78 is 19.4. The maximum atomic E-state index is 13.0. The van der Waals surface area contributed by atoms with Gasteiger partial charge in [0.2, 0.25) is 0 Å². The summed E-state index contributed by atoms with van der Waals surface area (Å²) in [5.74, 6) is 0.476. The van der Waals surface area contributed by atoms with Gasteiger partial charge in [0.25, 0.3) is 0 Å². The molecule has 0 amide bonds. The fraction of sp³-hybridized carbons (Fsp3) is 0.250. The molecule has 0 saturated heterocycles. The van der Waals surface area contributed by atoms with Crippen molar-refractivity contribution in [1.82, 2.24) is 0 Å². The maximum Gasteiger partial charge on any atom is 0.124 e. The van der Waals surface area contributed by atoms with Crippen molar-refractivity contribution in [3.8, 4) is 5.75 Å². The van der Waals surface area contributed by atoms with Crippen LogP contribution in [-0.2, 0) is 6.61 Å². The van der Waals surface area contributed by atoms with E-state index in [9.17, 15) is 9.50 Å². The first-order valence-corrected chi connectivity index (χ1v) is 7.12. The van der Waals surface area contributed by atoms with Crippen molar-refractivity contribution in [3.05, 3.63) is 63.4 Å². The lowest BCUT2D eigenvalue weighted by molar-refractivity contribution is 0.199. The molecule has 0 aliphatic heterocycles. The summed E-state index contributed by atoms with van der Waals surface area (Å²) in [6.45, 7) is 4.02. The minimum Gasteiger partial charge on any atom is -0.489 e. The lowest BCUT2D eigenvalue weighted by Gasteiger charge is -2.12. The van der Waals surface area contributed by atoms with Gasteiger partial charge in [-0.2, -0.15) is 0 Å². The Morgan fingerprint density at radius 1 is 1.25 bits per heavy atom. The third kappa shape index (κ3) is 3.58. The van der Waals surface area contributed by atoms with Gasteiger partial charge in [-0.3, -0.25) is 0 Å². The molecule has 1 N–H and O–H groups in total. The first-order valence-electron chi connectivity index (χ1n) is 6.32. The molecule has 2 rings (SSSR count). The molecule has 0 fully saturated rings. The van der Waals surface area contributed by atoms with Gasteiger partial charge in [0.15, 0.2) is 0 Å². The van der Waals surface area contributed by atoms with Gasteiger partial charge in [0.05, 0.1) is 6.10 Å². The van der Waals surface area contributed by atoms with E-state index in [4.69, 9.17) is 4.74 Å². The fourth-order valence-electron chi connectivity index (χ4n) is 1.89. The van der Waals surface area contributed by atoms with Gasteiger partial charge in [-0.05, 0) is 49.2 Å². The summed E-state index contributed by atoms with van der Waals surface area (Å²) in [6.07, 6.45) is -0.492. The highest BCUT2D eigenvalue weighted by molar-refractivity contribution is 9.10. The van der Waals surface area contributed by atoms with Crippen molar-refractivity contribution < 1.29 is 14.2 Å². The van der Waals surface area contributed by atoms with E-state index >= 15 is 0 Å². The molecular formula is C16H16BrFO2. The second kappa shape index (κ2) is 6.37. The van der Waals surface area contributed by atoms with Crippen LogP contribution in [-0.4, -0.2) is 5.11 Å². The monoisotopic (exact) mass is 338 g/mol. The van der Waals surface area contributed by atoms with Crippen LogP contribution in [0.3, 0.4) is 0 Å². The highest BCUT2D eigenvalue weighted by Gasteiger charge is 2.07. The number of hydrogen-bond acceptors (Lipinski definition) is 2. The van der Waals surface area contributed by atoms with Crippen LogP contribution in [0, 0.1) is 12.7 Å². The molecule has 0 heterocycles. The van der Waals surface area contributed by atoms with Gasteiger partial charge in [-0.15, -0.1) is 0 Å². The van der Waals surface area contributed by atoms with Gasteiger partial charge >= 0.3 is 0 Å². The van der Waals surface area contributed by atoms with E-state index in [0.717, 1.165) is 22.4 Å². The number of aliphatic hydroxyl groups is 1. The van der Waals surface area contributed by atoms with Crippen LogP contribution < -0.4 is 4.74 Å². The third-order valence-electron chi connectivity index (χ3n) is 3.08. The normalized spacial score (nSPS) is 12.2. The molecule has 0 spiro atoms. The molecule has 0 aliphatic carbocycles. The largest absolute Gasteiger partial charge is 0.489 e. The number of benzene rings is 2. The predicted octanol–water partition coefficient (Wildman–Crippen LogP) is 4.53. The molecule has 1 atom stereocenters. The van der Waals surface area contributed by atoms with E-state index < -0.39 is 6.10 Å². The van der Waals surface area contributed by atoms with Crippen LogP contribution in [0.15, 0.2) is 40.9 Å². The summed E-state index contributed by atoms with van der Waals surface area (Å²) in [6, 6.07) is 10.1. The minimum absolute atomic E-state index is 0.280. The number of hydrogen-bond donors (Lipinski definition) is 1. The first kappa shape index (κ1) is 15.0. The van der Waals surface area contributed by atoms with Crippen LogP contribution >= 0.6 is 15.9 Å². The van der Waals surface area contributed by atoms with Crippen molar-refractivity contribution in [2.45, 2.75) is 26.6 Å². The van der Waals surface area contributed by atoms with E-state index in [0.29, 0.717) is 11.1 Å². The Bertz CT molecular complexity index is 611. The Morgan fingerprint density at radius 2 is 2.00 bits per heavy atom. The summed E-state index contributed by atoms with van der Waals surface area (Å²) in [5.41, 5.74) is 2.70. The van der Waals surface area contributed by atoms with E-state index in [1.54, 1.807) is 13.0 Å². The number of rotatable bonds is 4. The summed E-state index contributed by atoms with van der Waals surface area (Å²) >= 11 is 3.32. The SMILES string of the molecule is Cc1cc([C@H](C)O)ccc1OCc1ccc(F)cc1Br. The van der Waals surface area contributed by atoms with Crippen molar-refractivity contribution in [3.63, 3.8) is 0 Å². The Balaban J connectivity index is 2.11. The van der Waals surface area contributed by atoms with Crippen molar-refractivity contribution >= 4 is 15.9 Å². The predicted molar refractivity (Wildman–Crippen MR) is 80.2 cm³/mol. The second-order valence-corrected chi connectivity index (χ2v) is 5.58. The molecule has 0 unspecified atom stereocenters. The number of aliphatic hydroxyl groups excluding tert-OH is 1. The molecule has 106 valence electrons. The van der Waals surface area contributed by atoms with Crippen LogP contribution in [0.25, 0.3) is 0 Å². The van der Waals surface area contributed by atoms with E-state index in [-0.39, 0.29) is 5.82 Å². The molecule has 2 aromatic carbocycles. The average molecular weight is 339 g/mol. The molecular weight excluding hydrogens is 323 g/mol. The number of halogens is 2. The van der Waals surface area contributed by atoms with E-state index in [1.807, 2.05) is 25.1 Å². The molecule has 0 aromatic heterocycles. The Kier molecular flexibility index (Phi) is 4.78. The van der Waals surface area contributed by atoms with Crippen molar-refractivity contribution in [2.24, 2.45) is 0 Å². The minimum atomic E-state index is -0.492. The zero-order chi connectivity index (χ0) is 14.7. The zero-order valence-electron chi connectivity index (χ0n) is 11.4. The van der Waals surface area contributed by atoms with E-state index in [1.165, 1.54) is 12.1 Å². The molecule has 0 saturated carbocycles. The number of ether oxygens (including phenoxy) is 1. The molecule has 0 radical (unpaired) electrons. The summed E-state index contributed by atoms with van der Waals surface area (Å²) in [5, 5.41) is 9.53. The quantitative estimate of drug-likeness (QED) is 0.887. The standard InChI is InChI=1S/C16H16BrFO2/c1-10-7-12(11(2)19)4-6-16(10)20-9-13-3-5-14(18)8-15(13)17/h3-8,11,19H,9H2,1-2H3/t11-/m0/s1. The van der Waals surface area contributed by atoms with Gasteiger partial charge in [-0.25, -0.2) is 4.39 Å². The van der Waals surface area contributed by atoms with Crippen molar-refractivity contribution in [2.75, 3.05) is 0 Å². The Labute approximate surface area is 126 Å². The molecule has 2 aromatic rings. The molecule has 20 heavy (non-hydrogen) atoms. The third-order valence-corrected chi connectivity index (χ3v) is 3.82. The molecule has 0 aliphatic rings. The lowest BCUT2D eigenvalue weighted by Crippen LogP contribution is -1.99. The Morgan fingerprint density at radius 3 is 2.60 bits per heavy atom. The first-order chi connectivity index (χ1) is 9.47. The lowest BCUT2D eigenvalue weighted by atomic mass is 10.1. The molecule has 0 bridgehead atoms. The fourth-order valence-corrected chi connectivity index (χ4v) is 2.35. The van der Waals surface area contributed by atoms with Gasteiger partial charge < -0.3 is 9.84 Å². The number of aryl methyl sites for hydroxylation is 1. The highest BCUT2D eigenvalue weighted by Crippen LogP contribution is 2.25. The topological polar surface area (TPSA) is 29.5 Å². The van der Waals surface area contributed by atoms with Gasteiger partial charge in [0, 0.05) is 10.0 Å². The maximum absolute atomic E-state index is 13.0.